The van der Waals surface area contributed by atoms with Crippen LogP contribution in [0.15, 0.2) is 48.7 Å². The van der Waals surface area contributed by atoms with E-state index in [9.17, 15) is 28.3 Å². The third-order valence-corrected chi connectivity index (χ3v) is 10.1. The van der Waals surface area contributed by atoms with E-state index in [1.54, 1.807) is 55.8 Å². The molecule has 0 saturated heterocycles. The van der Waals surface area contributed by atoms with E-state index in [0.29, 0.717) is 48.1 Å². The van der Waals surface area contributed by atoms with Crippen molar-refractivity contribution in [1.82, 2.24) is 14.8 Å². The lowest BCUT2D eigenvalue weighted by molar-refractivity contribution is 0.0144. The Kier molecular flexibility index (Phi) is 10.3. The molecule has 9 nitrogen and oxygen atoms in total. The zero-order valence-corrected chi connectivity index (χ0v) is 28.8. The Bertz CT molecular complexity index is 1870. The molecule has 13 heteroatoms. The summed E-state index contributed by atoms with van der Waals surface area (Å²) < 4.78 is 40.7. The molecule has 0 radical (unpaired) electrons. The zero-order chi connectivity index (χ0) is 34.9. The maximum atomic E-state index is 14.8. The number of hydrogen-bond donors (Lipinski definition) is 1. The van der Waals surface area contributed by atoms with Crippen LogP contribution in [0.1, 0.15) is 72.2 Å². The molecule has 1 N–H and O–H groups in total. The van der Waals surface area contributed by atoms with Crippen LogP contribution in [0, 0.1) is 11.6 Å². The van der Waals surface area contributed by atoms with Crippen LogP contribution in [0.4, 0.5) is 13.6 Å². The molecule has 1 aliphatic rings. The summed E-state index contributed by atoms with van der Waals surface area (Å²) in [6.45, 7) is 5.47. The Morgan fingerprint density at radius 2 is 1.65 bits per heavy atom. The van der Waals surface area contributed by atoms with Gasteiger partial charge in [0.25, 0.3) is 5.91 Å². The Morgan fingerprint density at radius 3 is 2.27 bits per heavy atom. The smallest absolute Gasteiger partial charge is 0.410 e. The van der Waals surface area contributed by atoms with Crippen molar-refractivity contribution in [3.8, 4) is 16.9 Å². The van der Waals surface area contributed by atoms with Gasteiger partial charge < -0.3 is 24.4 Å². The quantitative estimate of drug-likeness (QED) is 0.197. The fraction of sp³-hybridized carbons (Fsp3) is 0.371. The van der Waals surface area contributed by atoms with Crippen molar-refractivity contribution >= 4 is 51.0 Å². The lowest BCUT2D eigenvalue weighted by atomic mass is 9.89. The molecule has 0 bridgehead atoms. The van der Waals surface area contributed by atoms with Crippen LogP contribution in [0.3, 0.4) is 0 Å². The molecule has 0 atom stereocenters. The Morgan fingerprint density at radius 1 is 1.00 bits per heavy atom. The van der Waals surface area contributed by atoms with E-state index in [4.69, 9.17) is 21.1 Å². The molecular formula is C35H36ClF2N3O6S. The van der Waals surface area contributed by atoms with E-state index in [1.165, 1.54) is 19.4 Å². The van der Waals surface area contributed by atoms with E-state index in [-0.39, 0.29) is 44.3 Å². The minimum atomic E-state index is -1.16. The number of carboxylic acid groups (broad SMARTS) is 1. The van der Waals surface area contributed by atoms with Gasteiger partial charge in [-0.15, -0.1) is 11.3 Å². The molecule has 0 aliphatic heterocycles. The van der Waals surface area contributed by atoms with Crippen LogP contribution < -0.4 is 4.74 Å². The Hall–Kier alpha value is -4.29. The number of pyridine rings is 1. The minimum absolute atomic E-state index is 0.0130. The molecule has 2 aromatic heterocycles. The van der Waals surface area contributed by atoms with Crippen LogP contribution in [0.5, 0.6) is 5.75 Å². The van der Waals surface area contributed by atoms with Crippen LogP contribution in [0.2, 0.25) is 5.02 Å². The summed E-state index contributed by atoms with van der Waals surface area (Å²) in [4.78, 5) is 45.9. The van der Waals surface area contributed by atoms with Gasteiger partial charge in [0, 0.05) is 37.4 Å². The highest BCUT2D eigenvalue weighted by molar-refractivity contribution is 7.21. The topological polar surface area (TPSA) is 109 Å². The van der Waals surface area contributed by atoms with Crippen LogP contribution in [0.25, 0.3) is 21.2 Å². The first-order valence-corrected chi connectivity index (χ1v) is 16.6. The molecule has 48 heavy (non-hydrogen) atoms. The van der Waals surface area contributed by atoms with Gasteiger partial charge >= 0.3 is 12.1 Å². The second-order valence-corrected chi connectivity index (χ2v) is 14.1. The number of ether oxygens (including phenoxy) is 2. The molecule has 1 aliphatic carbocycles. The summed E-state index contributed by atoms with van der Waals surface area (Å²) >= 11 is 7.39. The highest BCUT2D eigenvalue weighted by atomic mass is 35.5. The number of thiophene rings is 1. The molecule has 2 heterocycles. The molecule has 1 saturated carbocycles. The highest BCUT2D eigenvalue weighted by Gasteiger charge is 2.35. The van der Waals surface area contributed by atoms with Crippen molar-refractivity contribution in [2.45, 2.75) is 70.7 Å². The highest BCUT2D eigenvalue weighted by Crippen LogP contribution is 2.41. The van der Waals surface area contributed by atoms with Gasteiger partial charge in [0.2, 0.25) is 0 Å². The summed E-state index contributed by atoms with van der Waals surface area (Å²) in [6, 6.07) is 10.0. The normalized spacial score (nSPS) is 16.4. The fourth-order valence-electron chi connectivity index (χ4n) is 5.97. The lowest BCUT2D eigenvalue weighted by Crippen LogP contribution is -2.47. The second-order valence-electron chi connectivity index (χ2n) is 12.7. The average Bonchev–Trinajstić information content (AvgIpc) is 3.42. The van der Waals surface area contributed by atoms with E-state index >= 15 is 0 Å². The van der Waals surface area contributed by atoms with Gasteiger partial charge in [-0.3, -0.25) is 4.79 Å². The first kappa shape index (κ1) is 35.0. The van der Waals surface area contributed by atoms with Crippen LogP contribution in [-0.4, -0.2) is 69.7 Å². The zero-order valence-electron chi connectivity index (χ0n) is 27.2. The molecular weight excluding hydrogens is 664 g/mol. The van der Waals surface area contributed by atoms with Gasteiger partial charge in [0.1, 0.15) is 33.6 Å². The SMILES string of the molecule is COc1ccc(-c2ccnc(C(=O)O)c2)cc1CN(C(=O)c1sc2c(F)ccc(F)c2c1Cl)C1CCC(N(C)C(=O)OC(C)(C)C)CC1. The number of nitrogens with zero attached hydrogens (tertiary/aromatic N) is 3. The predicted octanol–water partition coefficient (Wildman–Crippen LogP) is 8.42. The van der Waals surface area contributed by atoms with Gasteiger partial charge in [-0.2, -0.15) is 0 Å². The Labute approximate surface area is 286 Å². The molecule has 2 aromatic carbocycles. The number of hydrogen-bond acceptors (Lipinski definition) is 7. The second kappa shape index (κ2) is 14.1. The summed E-state index contributed by atoms with van der Waals surface area (Å²) in [5.74, 6) is -2.57. The number of methoxy groups -OCH3 is 1. The van der Waals surface area contributed by atoms with Crippen molar-refractivity contribution in [3.05, 3.63) is 81.5 Å². The van der Waals surface area contributed by atoms with Gasteiger partial charge in [0.05, 0.1) is 22.2 Å². The summed E-state index contributed by atoms with van der Waals surface area (Å²) in [5, 5.41) is 9.16. The predicted molar refractivity (Wildman–Crippen MR) is 180 cm³/mol. The van der Waals surface area contributed by atoms with Gasteiger partial charge in [-0.1, -0.05) is 17.7 Å². The van der Waals surface area contributed by atoms with E-state index in [1.807, 2.05) is 6.07 Å². The number of halogens is 3. The molecule has 4 aromatic rings. The van der Waals surface area contributed by atoms with Crippen molar-refractivity contribution < 1.29 is 37.7 Å². The molecule has 0 spiro atoms. The first-order valence-electron chi connectivity index (χ1n) is 15.4. The van der Waals surface area contributed by atoms with Crippen molar-refractivity contribution in [2.75, 3.05) is 14.2 Å². The largest absolute Gasteiger partial charge is 0.496 e. The molecule has 254 valence electrons. The van der Waals surface area contributed by atoms with Crippen molar-refractivity contribution in [2.24, 2.45) is 0 Å². The number of carbonyl (C=O) groups excluding carboxylic acids is 2. The van der Waals surface area contributed by atoms with E-state index in [0.717, 1.165) is 23.5 Å². The number of amides is 2. The van der Waals surface area contributed by atoms with Crippen molar-refractivity contribution in [1.29, 1.82) is 0 Å². The van der Waals surface area contributed by atoms with E-state index < -0.39 is 35.2 Å². The standard InChI is InChI=1S/C35H36ClF2N3O6S/c1-35(2,3)47-34(45)40(4)22-7-9-23(10-8-22)41(32(42)31-29(36)28-24(37)11-12-25(38)30(28)48-31)18-21-16-19(6-13-27(21)46-5)20-14-15-39-26(17-20)33(43)44/h6,11-17,22-23H,7-10,18H2,1-5H3,(H,43,44). The number of carboxylic acids is 1. The van der Waals surface area contributed by atoms with Crippen LogP contribution >= 0.6 is 22.9 Å². The van der Waals surface area contributed by atoms with Gasteiger partial charge in [0.15, 0.2) is 0 Å². The van der Waals surface area contributed by atoms with Crippen LogP contribution in [-0.2, 0) is 11.3 Å². The number of aromatic nitrogens is 1. The Balaban J connectivity index is 1.51. The molecule has 5 rings (SSSR count). The molecule has 1 fully saturated rings. The number of carbonyl (C=O) groups is 3. The maximum absolute atomic E-state index is 14.8. The number of benzene rings is 2. The van der Waals surface area contributed by atoms with Gasteiger partial charge in [-0.05, 0) is 94.0 Å². The third-order valence-electron chi connectivity index (χ3n) is 8.41. The summed E-state index contributed by atoms with van der Waals surface area (Å²) in [6.07, 6.45) is 3.21. The lowest BCUT2D eigenvalue weighted by Gasteiger charge is -2.40. The summed E-state index contributed by atoms with van der Waals surface area (Å²) in [5.41, 5.74) is 1.14. The fourth-order valence-corrected chi connectivity index (χ4v) is 7.47. The van der Waals surface area contributed by atoms with E-state index in [2.05, 4.69) is 4.98 Å². The maximum Gasteiger partial charge on any atom is 0.410 e. The number of fused-ring (bicyclic) bond motifs is 1. The summed E-state index contributed by atoms with van der Waals surface area (Å²) in [7, 11) is 3.21. The van der Waals surface area contributed by atoms with Gasteiger partial charge in [-0.25, -0.2) is 23.4 Å². The number of rotatable bonds is 8. The first-order chi connectivity index (χ1) is 22.7. The van der Waals surface area contributed by atoms with Crippen molar-refractivity contribution in [3.63, 3.8) is 0 Å². The third kappa shape index (κ3) is 7.39. The monoisotopic (exact) mass is 699 g/mol. The average molecular weight is 700 g/mol. The number of aromatic carboxylic acids is 1. The minimum Gasteiger partial charge on any atom is -0.496 e. The molecule has 2 amide bonds. The molecule has 0 unspecified atom stereocenters.